The van der Waals surface area contributed by atoms with Crippen molar-refractivity contribution in [1.82, 2.24) is 10.3 Å². The van der Waals surface area contributed by atoms with E-state index in [0.717, 1.165) is 17.5 Å². The lowest BCUT2D eigenvalue weighted by Crippen LogP contribution is -2.28. The highest BCUT2D eigenvalue weighted by molar-refractivity contribution is 5.79. The van der Waals surface area contributed by atoms with Crippen LogP contribution >= 0.6 is 0 Å². The molecule has 0 fully saturated rings. The Labute approximate surface area is 131 Å². The summed E-state index contributed by atoms with van der Waals surface area (Å²) in [5.74, 6) is 0.0695. The van der Waals surface area contributed by atoms with Crippen molar-refractivity contribution in [2.75, 3.05) is 0 Å². The maximum absolute atomic E-state index is 12.2. The minimum atomic E-state index is 0.00753. The van der Waals surface area contributed by atoms with E-state index in [9.17, 15) is 4.79 Å². The Balaban J connectivity index is 1.62. The van der Waals surface area contributed by atoms with E-state index in [4.69, 9.17) is 0 Å². The Morgan fingerprint density at radius 2 is 1.86 bits per heavy atom. The van der Waals surface area contributed by atoms with Gasteiger partial charge in [0.15, 0.2) is 0 Å². The first-order chi connectivity index (χ1) is 10.7. The molecule has 114 valence electrons. The summed E-state index contributed by atoms with van der Waals surface area (Å²) in [6.45, 7) is 2.00. The molecule has 0 radical (unpaired) electrons. The molecule has 3 rings (SSSR count). The van der Waals surface area contributed by atoms with E-state index in [1.165, 1.54) is 30.4 Å². The molecule has 0 saturated carbocycles. The number of fused-ring (bicyclic) bond motifs is 1. The molecule has 0 unspecified atom stereocenters. The van der Waals surface area contributed by atoms with Crippen LogP contribution in [0.2, 0.25) is 0 Å². The van der Waals surface area contributed by atoms with Crippen LogP contribution in [0, 0.1) is 0 Å². The van der Waals surface area contributed by atoms with Gasteiger partial charge in [0.2, 0.25) is 5.91 Å². The van der Waals surface area contributed by atoms with Gasteiger partial charge >= 0.3 is 0 Å². The molecule has 2 aromatic rings. The number of rotatable bonds is 4. The van der Waals surface area contributed by atoms with Crippen LogP contribution in [0.15, 0.2) is 42.7 Å². The Morgan fingerprint density at radius 1 is 1.14 bits per heavy atom. The van der Waals surface area contributed by atoms with E-state index < -0.39 is 0 Å². The van der Waals surface area contributed by atoms with Crippen LogP contribution in [0.3, 0.4) is 0 Å². The Kier molecular flexibility index (Phi) is 4.52. The minimum Gasteiger partial charge on any atom is -0.349 e. The fraction of sp³-hybridized carbons (Fsp3) is 0.368. The topological polar surface area (TPSA) is 42.0 Å². The number of pyridine rings is 1. The smallest absolute Gasteiger partial charge is 0.224 e. The predicted octanol–water partition coefficient (Wildman–Crippen LogP) is 3.38. The van der Waals surface area contributed by atoms with E-state index in [1.807, 2.05) is 19.1 Å². The van der Waals surface area contributed by atoms with Crippen molar-refractivity contribution in [2.45, 2.75) is 45.1 Å². The minimum absolute atomic E-state index is 0.00753. The average molecular weight is 294 g/mol. The molecule has 3 nitrogen and oxygen atoms in total. The molecule has 1 aromatic carbocycles. The monoisotopic (exact) mass is 294 g/mol. The normalized spacial score (nSPS) is 15.0. The summed E-state index contributed by atoms with van der Waals surface area (Å²) < 4.78 is 0. The van der Waals surface area contributed by atoms with Crippen LogP contribution in [0.5, 0.6) is 0 Å². The molecule has 0 bridgehead atoms. The molecule has 1 N–H and O–H groups in total. The summed E-state index contributed by atoms with van der Waals surface area (Å²) in [4.78, 5) is 16.2. The first-order valence-electron chi connectivity index (χ1n) is 8.02. The van der Waals surface area contributed by atoms with E-state index in [1.54, 1.807) is 12.4 Å². The van der Waals surface area contributed by atoms with E-state index in [2.05, 4.69) is 28.5 Å². The second-order valence-electron chi connectivity index (χ2n) is 6.06. The lowest BCUT2D eigenvalue weighted by molar-refractivity contribution is -0.121. The van der Waals surface area contributed by atoms with Gasteiger partial charge in [-0.2, -0.15) is 0 Å². The Hall–Kier alpha value is -2.16. The zero-order valence-corrected chi connectivity index (χ0v) is 13.0. The molecule has 3 heteroatoms. The number of hydrogen-bond acceptors (Lipinski definition) is 2. The maximum Gasteiger partial charge on any atom is 0.224 e. The fourth-order valence-electron chi connectivity index (χ4n) is 3.11. The molecule has 1 aromatic heterocycles. The van der Waals surface area contributed by atoms with Gasteiger partial charge in [-0.1, -0.05) is 18.2 Å². The highest BCUT2D eigenvalue weighted by Gasteiger charge is 2.13. The second kappa shape index (κ2) is 6.73. The third kappa shape index (κ3) is 3.53. The van der Waals surface area contributed by atoms with Crippen molar-refractivity contribution in [1.29, 1.82) is 0 Å². The van der Waals surface area contributed by atoms with Crippen LogP contribution in [0.1, 0.15) is 48.1 Å². The van der Waals surface area contributed by atoms with Crippen LogP contribution < -0.4 is 5.32 Å². The molecule has 0 spiro atoms. The van der Waals surface area contributed by atoms with E-state index in [0.29, 0.717) is 6.42 Å². The van der Waals surface area contributed by atoms with Gasteiger partial charge in [0.05, 0.1) is 12.5 Å². The summed E-state index contributed by atoms with van der Waals surface area (Å²) >= 11 is 0. The lowest BCUT2D eigenvalue weighted by Gasteiger charge is -2.17. The largest absolute Gasteiger partial charge is 0.349 e. The van der Waals surface area contributed by atoms with Crippen molar-refractivity contribution in [3.8, 4) is 0 Å². The molecule has 1 aliphatic carbocycles. The number of aryl methyl sites for hydroxylation is 2. The number of aromatic nitrogens is 1. The van der Waals surface area contributed by atoms with E-state index in [-0.39, 0.29) is 11.9 Å². The number of amides is 1. The van der Waals surface area contributed by atoms with Crippen molar-refractivity contribution < 1.29 is 4.79 Å². The average Bonchev–Trinajstić information content (AvgIpc) is 2.55. The predicted molar refractivity (Wildman–Crippen MR) is 87.6 cm³/mol. The van der Waals surface area contributed by atoms with Crippen molar-refractivity contribution in [3.05, 3.63) is 65.0 Å². The number of nitrogens with zero attached hydrogens (tertiary/aromatic N) is 1. The second-order valence-corrected chi connectivity index (χ2v) is 6.06. The van der Waals surface area contributed by atoms with Gasteiger partial charge in [0.1, 0.15) is 0 Å². The summed E-state index contributed by atoms with van der Waals surface area (Å²) in [6.07, 6.45) is 8.84. The molecule has 1 aliphatic rings. The van der Waals surface area contributed by atoms with Gasteiger partial charge in [-0.3, -0.25) is 9.78 Å². The van der Waals surface area contributed by atoms with Gasteiger partial charge in [0.25, 0.3) is 0 Å². The van der Waals surface area contributed by atoms with Crippen LogP contribution in [0.4, 0.5) is 0 Å². The molecule has 1 heterocycles. The number of benzene rings is 1. The fourth-order valence-corrected chi connectivity index (χ4v) is 3.11. The Morgan fingerprint density at radius 3 is 2.64 bits per heavy atom. The quantitative estimate of drug-likeness (QED) is 0.939. The van der Waals surface area contributed by atoms with Gasteiger partial charge < -0.3 is 5.32 Å². The zero-order valence-electron chi connectivity index (χ0n) is 13.0. The highest BCUT2D eigenvalue weighted by atomic mass is 16.1. The van der Waals surface area contributed by atoms with Gasteiger partial charge in [-0.15, -0.1) is 0 Å². The Bertz CT molecular complexity index is 652. The zero-order chi connectivity index (χ0) is 15.4. The molecule has 0 aliphatic heterocycles. The van der Waals surface area contributed by atoms with Crippen molar-refractivity contribution in [3.63, 3.8) is 0 Å². The summed E-state index contributed by atoms with van der Waals surface area (Å²) in [6, 6.07) is 10.4. The molecule has 0 saturated heterocycles. The van der Waals surface area contributed by atoms with Crippen LogP contribution in [-0.4, -0.2) is 10.9 Å². The first-order valence-corrected chi connectivity index (χ1v) is 8.02. The molecule has 22 heavy (non-hydrogen) atoms. The number of hydrogen-bond donors (Lipinski definition) is 1. The highest BCUT2D eigenvalue weighted by Crippen LogP contribution is 2.22. The first kappa shape index (κ1) is 14.8. The molecular weight excluding hydrogens is 272 g/mol. The van der Waals surface area contributed by atoms with Crippen LogP contribution in [0.25, 0.3) is 0 Å². The lowest BCUT2D eigenvalue weighted by atomic mass is 9.90. The number of carbonyl (C=O) groups excluding carboxylic acids is 1. The van der Waals surface area contributed by atoms with Crippen molar-refractivity contribution >= 4 is 5.91 Å². The molecule has 1 amide bonds. The maximum atomic E-state index is 12.2. The summed E-state index contributed by atoms with van der Waals surface area (Å²) in [5.41, 5.74) is 5.08. The summed E-state index contributed by atoms with van der Waals surface area (Å²) in [7, 11) is 0. The van der Waals surface area contributed by atoms with Crippen molar-refractivity contribution in [2.24, 2.45) is 0 Å². The van der Waals surface area contributed by atoms with E-state index >= 15 is 0 Å². The molecule has 1 atom stereocenters. The number of carbonyl (C=O) groups is 1. The standard InChI is InChI=1S/C19H22N2O/c1-14(16-8-10-20-11-9-16)21-19(22)13-15-6-7-17-4-2-3-5-18(17)12-15/h6-12,14H,2-5,13H2,1H3,(H,21,22)/t14-/m0/s1. The molecular formula is C19H22N2O. The van der Waals surface area contributed by atoms with Gasteiger partial charge in [-0.05, 0) is 67.0 Å². The SMILES string of the molecule is C[C@H](NC(=O)Cc1ccc2c(c1)CCCC2)c1ccncc1. The van der Waals surface area contributed by atoms with Gasteiger partial charge in [0, 0.05) is 12.4 Å². The van der Waals surface area contributed by atoms with Gasteiger partial charge in [-0.25, -0.2) is 0 Å². The van der Waals surface area contributed by atoms with Crippen LogP contribution in [-0.2, 0) is 24.1 Å². The summed E-state index contributed by atoms with van der Waals surface area (Å²) in [5, 5.41) is 3.06. The third-order valence-electron chi connectivity index (χ3n) is 4.36. The third-order valence-corrected chi connectivity index (χ3v) is 4.36. The number of nitrogens with one attached hydrogen (secondary N) is 1.